The minimum atomic E-state index is -0.736. The molecule has 3 aromatic carbocycles. The number of hydrogen-bond acceptors (Lipinski definition) is 3. The van der Waals surface area contributed by atoms with E-state index in [4.69, 9.17) is 14.7 Å². The highest BCUT2D eigenvalue weighted by Gasteiger charge is 2.48. The van der Waals surface area contributed by atoms with Crippen molar-refractivity contribution in [1.29, 1.82) is 0 Å². The molecule has 2 aromatic heterocycles. The maximum absolute atomic E-state index is 6.72. The van der Waals surface area contributed by atoms with E-state index in [0.717, 1.165) is 45.3 Å². The van der Waals surface area contributed by atoms with Crippen LogP contribution in [-0.2, 0) is 5.41 Å². The average molecular weight is 497 g/mol. The fraction of sp³-hybridized carbons (Fsp3) is 0.200. The quantitative estimate of drug-likeness (QED) is 0.239. The normalized spacial score (nSPS) is 13.6. The van der Waals surface area contributed by atoms with E-state index in [9.17, 15) is 0 Å². The Morgan fingerprint density at radius 3 is 1.79 bits per heavy atom. The van der Waals surface area contributed by atoms with Gasteiger partial charge in [0.15, 0.2) is 0 Å². The second-order valence-corrected chi connectivity index (χ2v) is 10.7. The lowest BCUT2D eigenvalue weighted by atomic mass is 9.66. The molecule has 0 unspecified atom stereocenters. The standard InChI is InChI=1S/C35H32N2O/c1-23(2)26-16-18-28-31(21-26)38-32-22-27(24(3)4)17-19-29(32)35(28,33-14-8-9-20-36-33)34-15-10-13-30(37-34)25-11-6-5-7-12-25/h5-24H,1-4H3. The highest BCUT2D eigenvalue weighted by molar-refractivity contribution is 5.69. The van der Waals surface area contributed by atoms with Crippen LogP contribution in [0.15, 0.2) is 109 Å². The van der Waals surface area contributed by atoms with Crippen LogP contribution in [0.25, 0.3) is 11.3 Å². The van der Waals surface area contributed by atoms with Gasteiger partial charge in [-0.05, 0) is 59.4 Å². The average Bonchev–Trinajstić information content (AvgIpc) is 2.96. The van der Waals surface area contributed by atoms with E-state index in [2.05, 4.69) is 119 Å². The smallest absolute Gasteiger partial charge is 0.132 e. The second kappa shape index (κ2) is 9.57. The lowest BCUT2D eigenvalue weighted by molar-refractivity contribution is 0.428. The minimum Gasteiger partial charge on any atom is -0.457 e. The lowest BCUT2D eigenvalue weighted by Gasteiger charge is -2.40. The van der Waals surface area contributed by atoms with Crippen molar-refractivity contribution in [2.24, 2.45) is 0 Å². The number of hydrogen-bond donors (Lipinski definition) is 0. The van der Waals surface area contributed by atoms with Crippen LogP contribution < -0.4 is 4.74 Å². The zero-order valence-electron chi connectivity index (χ0n) is 22.3. The van der Waals surface area contributed by atoms with Crippen molar-refractivity contribution in [1.82, 2.24) is 9.97 Å². The lowest BCUT2D eigenvalue weighted by Crippen LogP contribution is -2.36. The molecule has 0 radical (unpaired) electrons. The summed E-state index contributed by atoms with van der Waals surface area (Å²) in [5.74, 6) is 2.50. The number of benzene rings is 3. The second-order valence-electron chi connectivity index (χ2n) is 10.7. The van der Waals surface area contributed by atoms with E-state index in [-0.39, 0.29) is 0 Å². The molecule has 3 nitrogen and oxygen atoms in total. The molecular formula is C35H32N2O. The summed E-state index contributed by atoms with van der Waals surface area (Å²) in [5, 5.41) is 0. The zero-order chi connectivity index (χ0) is 26.3. The molecule has 0 saturated carbocycles. The predicted molar refractivity (Wildman–Crippen MR) is 154 cm³/mol. The van der Waals surface area contributed by atoms with Crippen molar-refractivity contribution in [3.05, 3.63) is 143 Å². The van der Waals surface area contributed by atoms with Gasteiger partial charge in [0.2, 0.25) is 0 Å². The molecular weight excluding hydrogens is 464 g/mol. The molecule has 5 aromatic rings. The number of ether oxygens (including phenoxy) is 1. The molecule has 0 spiro atoms. The van der Waals surface area contributed by atoms with Crippen molar-refractivity contribution in [3.8, 4) is 22.8 Å². The molecule has 0 bridgehead atoms. The molecule has 6 rings (SSSR count). The molecule has 0 saturated heterocycles. The molecule has 0 fully saturated rings. The Morgan fingerprint density at radius 1 is 0.605 bits per heavy atom. The van der Waals surface area contributed by atoms with Crippen LogP contribution >= 0.6 is 0 Å². The highest BCUT2D eigenvalue weighted by Crippen LogP contribution is 2.55. The van der Waals surface area contributed by atoms with Crippen LogP contribution in [0.2, 0.25) is 0 Å². The first-order valence-corrected chi connectivity index (χ1v) is 13.4. The van der Waals surface area contributed by atoms with Gasteiger partial charge in [-0.3, -0.25) is 9.97 Å². The van der Waals surface area contributed by atoms with E-state index in [0.29, 0.717) is 11.8 Å². The van der Waals surface area contributed by atoms with Gasteiger partial charge in [0.05, 0.1) is 17.1 Å². The topological polar surface area (TPSA) is 35.0 Å². The molecule has 3 heterocycles. The third kappa shape index (κ3) is 3.90. The summed E-state index contributed by atoms with van der Waals surface area (Å²) in [6.07, 6.45) is 1.87. The summed E-state index contributed by atoms with van der Waals surface area (Å²) < 4.78 is 6.72. The molecule has 38 heavy (non-hydrogen) atoms. The molecule has 0 amide bonds. The van der Waals surface area contributed by atoms with E-state index in [1.165, 1.54) is 11.1 Å². The molecule has 0 atom stereocenters. The summed E-state index contributed by atoms with van der Waals surface area (Å²) in [4.78, 5) is 10.3. The summed E-state index contributed by atoms with van der Waals surface area (Å²) in [5.41, 5.74) is 7.75. The van der Waals surface area contributed by atoms with Gasteiger partial charge < -0.3 is 4.74 Å². The zero-order valence-corrected chi connectivity index (χ0v) is 22.3. The summed E-state index contributed by atoms with van der Waals surface area (Å²) in [6, 6.07) is 36.1. The number of rotatable bonds is 5. The minimum absolute atomic E-state index is 0.385. The first kappa shape index (κ1) is 24.1. The Bertz CT molecular complexity index is 1530. The number of fused-ring (bicyclic) bond motifs is 2. The van der Waals surface area contributed by atoms with Gasteiger partial charge in [0, 0.05) is 22.9 Å². The van der Waals surface area contributed by atoms with Gasteiger partial charge in [-0.15, -0.1) is 0 Å². The first-order valence-electron chi connectivity index (χ1n) is 13.4. The van der Waals surface area contributed by atoms with Crippen molar-refractivity contribution in [3.63, 3.8) is 0 Å². The Kier molecular flexibility index (Phi) is 6.07. The van der Waals surface area contributed by atoms with Gasteiger partial charge in [0.25, 0.3) is 0 Å². The molecule has 0 N–H and O–H groups in total. The Labute approximate surface area is 225 Å². The largest absolute Gasteiger partial charge is 0.457 e. The summed E-state index contributed by atoms with van der Waals surface area (Å²) >= 11 is 0. The van der Waals surface area contributed by atoms with Gasteiger partial charge in [-0.1, -0.05) is 94.4 Å². The van der Waals surface area contributed by atoms with E-state index in [1.54, 1.807) is 0 Å². The molecule has 188 valence electrons. The van der Waals surface area contributed by atoms with Crippen LogP contribution in [0, 0.1) is 0 Å². The van der Waals surface area contributed by atoms with Crippen LogP contribution in [0.3, 0.4) is 0 Å². The summed E-state index contributed by atoms with van der Waals surface area (Å²) in [7, 11) is 0. The van der Waals surface area contributed by atoms with Crippen LogP contribution in [0.4, 0.5) is 0 Å². The molecule has 1 aliphatic rings. The number of aromatic nitrogens is 2. The van der Waals surface area contributed by atoms with Crippen molar-refractivity contribution >= 4 is 0 Å². The number of nitrogens with zero attached hydrogens (tertiary/aromatic N) is 2. The van der Waals surface area contributed by atoms with Crippen molar-refractivity contribution in [2.75, 3.05) is 0 Å². The Balaban J connectivity index is 1.72. The number of pyridine rings is 2. The van der Waals surface area contributed by atoms with Gasteiger partial charge in [0.1, 0.15) is 16.9 Å². The Hall–Kier alpha value is -4.24. The SMILES string of the molecule is CC(C)c1ccc2c(c1)Oc1cc(C(C)C)ccc1C2(c1ccccn1)c1cccc(-c2ccccc2)n1. The van der Waals surface area contributed by atoms with Crippen LogP contribution in [-0.4, -0.2) is 9.97 Å². The third-order valence-electron chi connectivity index (χ3n) is 7.62. The predicted octanol–water partition coefficient (Wildman–Crippen LogP) is 8.88. The van der Waals surface area contributed by atoms with Crippen molar-refractivity contribution in [2.45, 2.75) is 44.9 Å². The summed E-state index contributed by atoms with van der Waals surface area (Å²) in [6.45, 7) is 8.86. The van der Waals surface area contributed by atoms with Crippen LogP contribution in [0.5, 0.6) is 11.5 Å². The fourth-order valence-electron chi connectivity index (χ4n) is 5.53. The molecule has 0 aliphatic carbocycles. The highest BCUT2D eigenvalue weighted by atomic mass is 16.5. The van der Waals surface area contributed by atoms with Gasteiger partial charge >= 0.3 is 0 Å². The first-order chi connectivity index (χ1) is 18.5. The van der Waals surface area contributed by atoms with Crippen molar-refractivity contribution < 1.29 is 4.74 Å². The van der Waals surface area contributed by atoms with Gasteiger partial charge in [-0.25, -0.2) is 0 Å². The van der Waals surface area contributed by atoms with E-state index < -0.39 is 5.41 Å². The van der Waals surface area contributed by atoms with Gasteiger partial charge in [-0.2, -0.15) is 0 Å². The maximum Gasteiger partial charge on any atom is 0.132 e. The van der Waals surface area contributed by atoms with E-state index >= 15 is 0 Å². The van der Waals surface area contributed by atoms with E-state index in [1.807, 2.05) is 18.3 Å². The monoisotopic (exact) mass is 496 g/mol. The molecule has 1 aliphatic heterocycles. The third-order valence-corrected chi connectivity index (χ3v) is 7.62. The molecule has 3 heteroatoms. The Morgan fingerprint density at radius 2 is 1.21 bits per heavy atom. The maximum atomic E-state index is 6.72. The van der Waals surface area contributed by atoms with Crippen LogP contribution in [0.1, 0.15) is 73.2 Å². The fourth-order valence-corrected chi connectivity index (χ4v) is 5.53.